The van der Waals surface area contributed by atoms with E-state index in [1.54, 1.807) is 6.07 Å². The molecular weight excluding hydrogens is 382 g/mol. The van der Waals surface area contributed by atoms with Crippen LogP contribution in [0.4, 0.5) is 0 Å². The Kier molecular flexibility index (Phi) is 7.28. The molecular formula is C16H26ClN3O3S2. The van der Waals surface area contributed by atoms with Crippen molar-refractivity contribution in [2.45, 2.75) is 42.9 Å². The number of sulfonamides is 1. The van der Waals surface area contributed by atoms with Crippen LogP contribution in [0.3, 0.4) is 0 Å². The molecule has 0 aromatic carbocycles. The van der Waals surface area contributed by atoms with Crippen LogP contribution in [0, 0.1) is 12.8 Å². The highest BCUT2D eigenvalue weighted by molar-refractivity contribution is 7.91. The molecule has 6 nitrogen and oxygen atoms in total. The van der Waals surface area contributed by atoms with Crippen LogP contribution in [-0.4, -0.2) is 50.9 Å². The molecule has 0 radical (unpaired) electrons. The number of thiophene rings is 1. The van der Waals surface area contributed by atoms with Crippen molar-refractivity contribution in [3.05, 3.63) is 17.0 Å². The van der Waals surface area contributed by atoms with Crippen molar-refractivity contribution in [2.24, 2.45) is 5.92 Å². The maximum atomic E-state index is 12.8. The third-order valence-electron chi connectivity index (χ3n) is 4.75. The number of aryl methyl sites for hydroxylation is 1. The van der Waals surface area contributed by atoms with E-state index in [2.05, 4.69) is 10.6 Å². The van der Waals surface area contributed by atoms with Crippen molar-refractivity contribution >= 4 is 39.7 Å². The third kappa shape index (κ3) is 4.95. The van der Waals surface area contributed by atoms with Crippen LogP contribution in [-0.2, 0) is 14.8 Å². The Morgan fingerprint density at radius 1 is 1.28 bits per heavy atom. The van der Waals surface area contributed by atoms with Crippen molar-refractivity contribution in [1.82, 2.24) is 14.9 Å². The molecule has 2 aliphatic heterocycles. The summed E-state index contributed by atoms with van der Waals surface area (Å²) in [6.07, 6.45) is 3.37. The van der Waals surface area contributed by atoms with Gasteiger partial charge in [-0.1, -0.05) is 0 Å². The predicted octanol–water partition coefficient (Wildman–Crippen LogP) is 1.75. The Labute approximate surface area is 159 Å². The zero-order valence-corrected chi connectivity index (χ0v) is 16.8. The first-order chi connectivity index (χ1) is 11.5. The minimum absolute atomic E-state index is 0. The van der Waals surface area contributed by atoms with Crippen molar-refractivity contribution in [3.8, 4) is 0 Å². The van der Waals surface area contributed by atoms with E-state index in [1.165, 1.54) is 15.6 Å². The average Bonchev–Trinajstić information content (AvgIpc) is 3.03. The van der Waals surface area contributed by atoms with Crippen LogP contribution in [0.1, 0.15) is 30.6 Å². The van der Waals surface area contributed by atoms with E-state index in [9.17, 15) is 13.2 Å². The van der Waals surface area contributed by atoms with Gasteiger partial charge in [0, 0.05) is 24.0 Å². The van der Waals surface area contributed by atoms with Crippen LogP contribution in [0.5, 0.6) is 0 Å². The fourth-order valence-electron chi connectivity index (χ4n) is 3.34. The van der Waals surface area contributed by atoms with Crippen molar-refractivity contribution in [3.63, 3.8) is 0 Å². The molecule has 0 aliphatic carbocycles. The highest BCUT2D eigenvalue weighted by atomic mass is 35.5. The van der Waals surface area contributed by atoms with Crippen LogP contribution in [0.25, 0.3) is 0 Å². The number of nitrogens with zero attached hydrogens (tertiary/aromatic N) is 1. The summed E-state index contributed by atoms with van der Waals surface area (Å²) in [5.74, 6) is -0.242. The molecule has 0 saturated carbocycles. The lowest BCUT2D eigenvalue weighted by Gasteiger charge is -2.32. The van der Waals surface area contributed by atoms with Gasteiger partial charge in [0.1, 0.15) is 4.21 Å². The van der Waals surface area contributed by atoms with Crippen LogP contribution in [0.15, 0.2) is 16.3 Å². The quantitative estimate of drug-likeness (QED) is 0.796. The first-order valence-corrected chi connectivity index (χ1v) is 10.8. The van der Waals surface area contributed by atoms with Gasteiger partial charge in [0.15, 0.2) is 0 Å². The molecule has 1 aromatic rings. The second-order valence-corrected chi connectivity index (χ2v) is 10.1. The number of halogens is 1. The third-order valence-corrected chi connectivity index (χ3v) is 8.08. The van der Waals surface area contributed by atoms with E-state index < -0.39 is 10.0 Å². The fraction of sp³-hybridized carbons (Fsp3) is 0.688. The molecule has 1 amide bonds. The number of hydrogen-bond acceptors (Lipinski definition) is 5. The molecule has 3 rings (SSSR count). The standard InChI is InChI=1S/C16H25N3O3S2.ClH/c1-12-4-5-15(23-12)24(21,22)19-10-2-3-13(11-19)16(20)18-14-6-8-17-9-7-14;/h4-5,13-14,17H,2-3,6-11H2,1H3,(H,18,20);1H. The first-order valence-electron chi connectivity index (χ1n) is 8.54. The predicted molar refractivity (Wildman–Crippen MR) is 102 cm³/mol. The lowest BCUT2D eigenvalue weighted by atomic mass is 9.97. The molecule has 142 valence electrons. The fourth-order valence-corrected chi connectivity index (χ4v) is 6.30. The topological polar surface area (TPSA) is 78.5 Å². The largest absolute Gasteiger partial charge is 0.353 e. The van der Waals surface area contributed by atoms with Gasteiger partial charge in [0.05, 0.1) is 5.92 Å². The van der Waals surface area contributed by atoms with Gasteiger partial charge in [-0.25, -0.2) is 8.42 Å². The summed E-state index contributed by atoms with van der Waals surface area (Å²) < 4.78 is 27.4. The molecule has 2 N–H and O–H groups in total. The van der Waals surface area contributed by atoms with Gasteiger partial charge >= 0.3 is 0 Å². The van der Waals surface area contributed by atoms with Crippen molar-refractivity contribution in [2.75, 3.05) is 26.2 Å². The summed E-state index contributed by atoms with van der Waals surface area (Å²) in [6, 6.07) is 3.70. The lowest BCUT2D eigenvalue weighted by molar-refractivity contribution is -0.126. The van der Waals surface area contributed by atoms with Gasteiger partial charge in [0.2, 0.25) is 5.91 Å². The second-order valence-electron chi connectivity index (χ2n) is 6.60. The van der Waals surface area contributed by atoms with E-state index in [0.717, 1.165) is 43.6 Å². The van der Waals surface area contributed by atoms with Gasteiger partial charge < -0.3 is 10.6 Å². The molecule has 3 heterocycles. The van der Waals surface area contributed by atoms with Crippen LogP contribution in [0.2, 0.25) is 0 Å². The molecule has 25 heavy (non-hydrogen) atoms. The maximum Gasteiger partial charge on any atom is 0.252 e. The minimum atomic E-state index is -3.48. The first kappa shape index (κ1) is 20.6. The number of nitrogens with one attached hydrogen (secondary N) is 2. The minimum Gasteiger partial charge on any atom is -0.353 e. The zero-order chi connectivity index (χ0) is 17.2. The maximum absolute atomic E-state index is 12.8. The summed E-state index contributed by atoms with van der Waals surface area (Å²) in [7, 11) is -3.48. The monoisotopic (exact) mass is 407 g/mol. The highest BCUT2D eigenvalue weighted by Crippen LogP contribution is 2.28. The van der Waals surface area contributed by atoms with Crippen molar-refractivity contribution in [1.29, 1.82) is 0 Å². The number of piperidine rings is 2. The smallest absolute Gasteiger partial charge is 0.252 e. The van der Waals surface area contributed by atoms with Gasteiger partial charge in [0.25, 0.3) is 10.0 Å². The Morgan fingerprint density at radius 2 is 2.00 bits per heavy atom. The number of hydrogen-bond donors (Lipinski definition) is 2. The molecule has 0 spiro atoms. The lowest BCUT2D eigenvalue weighted by Crippen LogP contribution is -2.49. The Balaban J connectivity index is 0.00000225. The molecule has 0 bridgehead atoms. The summed E-state index contributed by atoms with van der Waals surface area (Å²) in [5.41, 5.74) is 0. The van der Waals surface area contributed by atoms with E-state index in [-0.39, 0.29) is 36.8 Å². The Bertz CT molecular complexity index is 687. The van der Waals surface area contributed by atoms with Crippen LogP contribution >= 0.6 is 23.7 Å². The van der Waals surface area contributed by atoms with E-state index in [1.807, 2.05) is 13.0 Å². The average molecular weight is 408 g/mol. The van der Waals surface area contributed by atoms with Gasteiger partial charge in [-0.3, -0.25) is 4.79 Å². The molecule has 2 aliphatic rings. The number of carbonyl (C=O) groups is 1. The number of rotatable bonds is 4. The van der Waals surface area contributed by atoms with Crippen molar-refractivity contribution < 1.29 is 13.2 Å². The van der Waals surface area contributed by atoms with E-state index in [0.29, 0.717) is 10.8 Å². The highest BCUT2D eigenvalue weighted by Gasteiger charge is 2.34. The molecule has 1 unspecified atom stereocenters. The normalized spacial score (nSPS) is 23.0. The van der Waals surface area contributed by atoms with Crippen LogP contribution < -0.4 is 10.6 Å². The Hall–Kier alpha value is -0.670. The molecule has 2 saturated heterocycles. The van der Waals surface area contributed by atoms with Gasteiger partial charge in [-0.05, 0) is 57.8 Å². The number of carbonyl (C=O) groups excluding carboxylic acids is 1. The SMILES string of the molecule is Cc1ccc(S(=O)(=O)N2CCCC(C(=O)NC3CCNCC3)C2)s1.Cl. The second kappa shape index (κ2) is 8.81. The zero-order valence-electron chi connectivity index (χ0n) is 14.4. The summed E-state index contributed by atoms with van der Waals surface area (Å²) >= 11 is 1.29. The molecule has 9 heteroatoms. The van der Waals surface area contributed by atoms with E-state index >= 15 is 0 Å². The van der Waals surface area contributed by atoms with Gasteiger partial charge in [-0.15, -0.1) is 23.7 Å². The Morgan fingerprint density at radius 3 is 2.64 bits per heavy atom. The molecule has 2 fully saturated rings. The summed E-state index contributed by atoms with van der Waals surface area (Å²) in [6.45, 7) is 4.53. The molecule has 1 atom stereocenters. The molecule has 1 aromatic heterocycles. The summed E-state index contributed by atoms with van der Waals surface area (Å²) in [4.78, 5) is 13.5. The summed E-state index contributed by atoms with van der Waals surface area (Å²) in [5, 5.41) is 6.38. The number of amides is 1. The van der Waals surface area contributed by atoms with Gasteiger partial charge in [-0.2, -0.15) is 4.31 Å². The van der Waals surface area contributed by atoms with E-state index in [4.69, 9.17) is 0 Å².